The lowest BCUT2D eigenvalue weighted by Crippen LogP contribution is -2.10. The molecule has 0 bridgehead atoms. The highest BCUT2D eigenvalue weighted by atomic mass is 32.2. The molecule has 0 saturated heterocycles. The van der Waals surface area contributed by atoms with Crippen LogP contribution in [0.15, 0.2) is 18.2 Å². The second-order valence-corrected chi connectivity index (χ2v) is 7.04. The third kappa shape index (κ3) is 6.03. The molecule has 114 valence electrons. The van der Waals surface area contributed by atoms with E-state index in [4.69, 9.17) is 18.9 Å². The SMILES string of the molecule is COCOc1cccc(OCOC)c1CSC(C)(C)C. The highest BCUT2D eigenvalue weighted by Gasteiger charge is 2.16. The van der Waals surface area contributed by atoms with Gasteiger partial charge >= 0.3 is 0 Å². The van der Waals surface area contributed by atoms with Crippen LogP contribution in [-0.2, 0) is 15.2 Å². The van der Waals surface area contributed by atoms with Gasteiger partial charge < -0.3 is 18.9 Å². The molecule has 0 N–H and O–H groups in total. The summed E-state index contributed by atoms with van der Waals surface area (Å²) in [5, 5.41) is 0. The number of rotatable bonds is 8. The van der Waals surface area contributed by atoms with E-state index in [1.807, 2.05) is 30.0 Å². The minimum atomic E-state index is 0.174. The van der Waals surface area contributed by atoms with Crippen molar-refractivity contribution >= 4 is 11.8 Å². The molecule has 5 heteroatoms. The summed E-state index contributed by atoms with van der Waals surface area (Å²) in [6, 6.07) is 5.76. The first-order chi connectivity index (χ1) is 9.48. The minimum absolute atomic E-state index is 0.174. The van der Waals surface area contributed by atoms with Crippen LogP contribution in [0.4, 0.5) is 0 Å². The Morgan fingerprint density at radius 2 is 1.45 bits per heavy atom. The third-order valence-corrected chi connectivity index (χ3v) is 3.70. The smallest absolute Gasteiger partial charge is 0.188 e. The monoisotopic (exact) mass is 300 g/mol. The zero-order chi connectivity index (χ0) is 15.0. The van der Waals surface area contributed by atoms with Gasteiger partial charge in [-0.05, 0) is 12.1 Å². The highest BCUT2D eigenvalue weighted by molar-refractivity contribution is 7.99. The zero-order valence-corrected chi connectivity index (χ0v) is 13.7. The van der Waals surface area contributed by atoms with Gasteiger partial charge in [0.15, 0.2) is 13.6 Å². The standard InChI is InChI=1S/C15H24O4S/c1-15(2,3)20-9-12-13(18-10-16-4)7-6-8-14(12)19-11-17-5/h6-8H,9-11H2,1-5H3. The van der Waals surface area contributed by atoms with Crippen molar-refractivity contribution in [3.63, 3.8) is 0 Å². The van der Waals surface area contributed by atoms with Crippen molar-refractivity contribution in [2.24, 2.45) is 0 Å². The van der Waals surface area contributed by atoms with Crippen LogP contribution >= 0.6 is 11.8 Å². The number of hydrogen-bond acceptors (Lipinski definition) is 5. The molecule has 0 aliphatic heterocycles. The van der Waals surface area contributed by atoms with Gasteiger partial charge in [-0.3, -0.25) is 0 Å². The molecule has 0 radical (unpaired) electrons. The molecule has 0 aliphatic carbocycles. The summed E-state index contributed by atoms with van der Waals surface area (Å²) in [4.78, 5) is 0. The lowest BCUT2D eigenvalue weighted by Gasteiger charge is -2.20. The molecule has 1 aromatic rings. The molecule has 1 aromatic carbocycles. The average Bonchev–Trinajstić information content (AvgIpc) is 2.40. The number of thioether (sulfide) groups is 1. The van der Waals surface area contributed by atoms with Gasteiger partial charge in [0.2, 0.25) is 0 Å². The number of ether oxygens (including phenoxy) is 4. The molecular weight excluding hydrogens is 276 g/mol. The lowest BCUT2D eigenvalue weighted by molar-refractivity contribution is 0.0450. The lowest BCUT2D eigenvalue weighted by atomic mass is 10.2. The fourth-order valence-electron chi connectivity index (χ4n) is 1.49. The Morgan fingerprint density at radius 1 is 0.950 bits per heavy atom. The second-order valence-electron chi connectivity index (χ2n) is 5.24. The van der Waals surface area contributed by atoms with Crippen molar-refractivity contribution in [3.05, 3.63) is 23.8 Å². The molecule has 20 heavy (non-hydrogen) atoms. The predicted octanol–water partition coefficient (Wildman–Crippen LogP) is 3.68. The van der Waals surface area contributed by atoms with Gasteiger partial charge in [-0.15, -0.1) is 0 Å². The molecule has 0 atom stereocenters. The molecule has 0 fully saturated rings. The Kier molecular flexibility index (Phi) is 7.19. The van der Waals surface area contributed by atoms with Crippen LogP contribution in [0.25, 0.3) is 0 Å². The number of methoxy groups -OCH3 is 2. The Balaban J connectivity index is 2.91. The van der Waals surface area contributed by atoms with E-state index in [0.29, 0.717) is 0 Å². The molecule has 0 aromatic heterocycles. The first-order valence-electron chi connectivity index (χ1n) is 6.47. The summed E-state index contributed by atoms with van der Waals surface area (Å²) >= 11 is 1.84. The molecular formula is C15H24O4S. The van der Waals surface area contributed by atoms with Gasteiger partial charge in [-0.25, -0.2) is 0 Å². The Morgan fingerprint density at radius 3 is 1.85 bits per heavy atom. The molecule has 0 spiro atoms. The van der Waals surface area contributed by atoms with Crippen LogP contribution in [-0.4, -0.2) is 32.6 Å². The topological polar surface area (TPSA) is 36.9 Å². The molecule has 0 amide bonds. The van der Waals surface area contributed by atoms with E-state index in [9.17, 15) is 0 Å². The van der Waals surface area contributed by atoms with Gasteiger partial charge in [0.25, 0.3) is 0 Å². The van der Waals surface area contributed by atoms with Crippen molar-refractivity contribution in [3.8, 4) is 11.5 Å². The van der Waals surface area contributed by atoms with Crippen LogP contribution < -0.4 is 9.47 Å². The highest BCUT2D eigenvalue weighted by Crippen LogP contribution is 2.36. The number of benzene rings is 1. The molecule has 0 unspecified atom stereocenters. The predicted molar refractivity (Wildman–Crippen MR) is 82.5 cm³/mol. The van der Waals surface area contributed by atoms with Crippen molar-refractivity contribution in [1.29, 1.82) is 0 Å². The normalized spacial score (nSPS) is 11.4. The van der Waals surface area contributed by atoms with E-state index in [1.165, 1.54) is 0 Å². The maximum atomic E-state index is 5.62. The Labute approximate surface area is 125 Å². The van der Waals surface area contributed by atoms with Gasteiger partial charge in [-0.1, -0.05) is 26.8 Å². The van der Waals surface area contributed by atoms with Crippen LogP contribution in [0.5, 0.6) is 11.5 Å². The summed E-state index contributed by atoms with van der Waals surface area (Å²) in [6.45, 7) is 7.01. The molecule has 1 rings (SSSR count). The first-order valence-corrected chi connectivity index (χ1v) is 7.46. The van der Waals surface area contributed by atoms with E-state index in [0.717, 1.165) is 22.8 Å². The maximum absolute atomic E-state index is 5.62. The largest absolute Gasteiger partial charge is 0.467 e. The van der Waals surface area contributed by atoms with E-state index < -0.39 is 0 Å². The first kappa shape index (κ1) is 17.1. The van der Waals surface area contributed by atoms with E-state index in [2.05, 4.69) is 20.8 Å². The summed E-state index contributed by atoms with van der Waals surface area (Å²) in [5.41, 5.74) is 1.03. The van der Waals surface area contributed by atoms with Gasteiger partial charge in [-0.2, -0.15) is 11.8 Å². The van der Waals surface area contributed by atoms with Crippen LogP contribution in [0.2, 0.25) is 0 Å². The Bertz CT molecular complexity index is 375. The van der Waals surface area contributed by atoms with E-state index in [-0.39, 0.29) is 18.3 Å². The summed E-state index contributed by atoms with van der Waals surface area (Å²) in [6.07, 6.45) is 0. The molecule has 0 saturated carbocycles. The summed E-state index contributed by atoms with van der Waals surface area (Å²) in [7, 11) is 3.21. The van der Waals surface area contributed by atoms with Gasteiger partial charge in [0, 0.05) is 30.3 Å². The zero-order valence-electron chi connectivity index (χ0n) is 12.9. The molecule has 4 nitrogen and oxygen atoms in total. The molecule has 0 aliphatic rings. The van der Waals surface area contributed by atoms with E-state index >= 15 is 0 Å². The quantitative estimate of drug-likeness (QED) is 0.685. The minimum Gasteiger partial charge on any atom is -0.467 e. The van der Waals surface area contributed by atoms with Gasteiger partial charge in [0.1, 0.15) is 11.5 Å². The Hall–Kier alpha value is -0.910. The van der Waals surface area contributed by atoms with Crippen LogP contribution in [0.3, 0.4) is 0 Å². The van der Waals surface area contributed by atoms with Crippen molar-refractivity contribution in [2.75, 3.05) is 27.8 Å². The molecule has 0 heterocycles. The third-order valence-electron chi connectivity index (χ3n) is 2.40. The van der Waals surface area contributed by atoms with Crippen molar-refractivity contribution in [2.45, 2.75) is 31.3 Å². The van der Waals surface area contributed by atoms with Crippen LogP contribution in [0.1, 0.15) is 26.3 Å². The average molecular weight is 300 g/mol. The fourth-order valence-corrected chi connectivity index (χ4v) is 2.35. The summed E-state index contributed by atoms with van der Waals surface area (Å²) < 4.78 is 21.4. The second kappa shape index (κ2) is 8.39. The summed E-state index contributed by atoms with van der Waals surface area (Å²) in [5.74, 6) is 2.39. The number of hydrogen-bond donors (Lipinski definition) is 0. The maximum Gasteiger partial charge on any atom is 0.188 e. The van der Waals surface area contributed by atoms with Crippen molar-refractivity contribution < 1.29 is 18.9 Å². The van der Waals surface area contributed by atoms with Gasteiger partial charge in [0.05, 0.1) is 0 Å². The van der Waals surface area contributed by atoms with Crippen molar-refractivity contribution in [1.82, 2.24) is 0 Å². The van der Waals surface area contributed by atoms with Crippen LogP contribution in [0, 0.1) is 0 Å². The van der Waals surface area contributed by atoms with E-state index in [1.54, 1.807) is 14.2 Å². The fraction of sp³-hybridized carbons (Fsp3) is 0.600.